The van der Waals surface area contributed by atoms with Gasteiger partial charge in [0.05, 0.1) is 5.71 Å². The molecule has 6 heteroatoms. The lowest BCUT2D eigenvalue weighted by Crippen LogP contribution is -2.35. The molecule has 2 aromatic carbocycles. The molecule has 0 radical (unpaired) electrons. The fourth-order valence-corrected chi connectivity index (χ4v) is 5.84. The van der Waals surface area contributed by atoms with Crippen molar-refractivity contribution < 1.29 is 4.79 Å². The minimum Gasteiger partial charge on any atom is -0.273 e. The van der Waals surface area contributed by atoms with Gasteiger partial charge >= 0.3 is 0 Å². The van der Waals surface area contributed by atoms with Crippen LogP contribution in [0.2, 0.25) is 5.02 Å². The number of aryl methyl sites for hydroxylation is 1. The van der Waals surface area contributed by atoms with Crippen LogP contribution in [-0.2, 0) is 4.79 Å². The predicted octanol–water partition coefficient (Wildman–Crippen LogP) is 5.05. The molecule has 3 nitrogen and oxygen atoms in total. The summed E-state index contributed by atoms with van der Waals surface area (Å²) in [5, 5.41) is 7.08. The molecule has 2 aliphatic heterocycles. The molecule has 0 spiro atoms. The number of thioether (sulfide) groups is 2. The Hall–Kier alpha value is -1.43. The number of carbonyl (C=O) groups is 1. The molecule has 1 amide bonds. The third kappa shape index (κ3) is 3.21. The molecular weight excluding hydrogens is 372 g/mol. The minimum absolute atomic E-state index is 0.0187. The normalized spacial score (nSPS) is 21.6. The maximum Gasteiger partial charge on any atom is 0.240 e. The van der Waals surface area contributed by atoms with Crippen molar-refractivity contribution >= 4 is 46.7 Å². The van der Waals surface area contributed by atoms with E-state index >= 15 is 0 Å². The van der Waals surface area contributed by atoms with Gasteiger partial charge in [-0.1, -0.05) is 35.0 Å². The fraction of sp³-hybridized carbons (Fsp3) is 0.263. The van der Waals surface area contributed by atoms with E-state index in [-0.39, 0.29) is 17.2 Å². The Kier molecular flexibility index (Phi) is 4.56. The van der Waals surface area contributed by atoms with Crippen LogP contribution in [-0.4, -0.2) is 27.8 Å². The molecule has 2 aromatic rings. The lowest BCUT2D eigenvalue weighted by atomic mass is 9.97. The number of halogens is 1. The monoisotopic (exact) mass is 388 g/mol. The van der Waals surface area contributed by atoms with Gasteiger partial charge in [-0.2, -0.15) is 5.10 Å². The Balaban J connectivity index is 1.70. The van der Waals surface area contributed by atoms with E-state index in [2.05, 4.69) is 25.1 Å². The van der Waals surface area contributed by atoms with Crippen LogP contribution in [0.25, 0.3) is 0 Å². The minimum atomic E-state index is -0.0208. The Labute approximate surface area is 160 Å². The van der Waals surface area contributed by atoms with Gasteiger partial charge in [0.25, 0.3) is 0 Å². The van der Waals surface area contributed by atoms with E-state index in [0.717, 1.165) is 16.4 Å². The number of carbonyl (C=O) groups excluding carboxylic acids is 1. The van der Waals surface area contributed by atoms with Crippen molar-refractivity contribution in [1.29, 1.82) is 0 Å². The molecule has 4 rings (SSSR count). The lowest BCUT2D eigenvalue weighted by molar-refractivity contribution is -0.129. The van der Waals surface area contributed by atoms with Gasteiger partial charge < -0.3 is 0 Å². The molecule has 0 unspecified atom stereocenters. The van der Waals surface area contributed by atoms with Crippen molar-refractivity contribution in [3.05, 3.63) is 58.6 Å². The second kappa shape index (κ2) is 6.71. The maximum atomic E-state index is 12.2. The highest BCUT2D eigenvalue weighted by Gasteiger charge is 2.43. The van der Waals surface area contributed by atoms with Crippen molar-refractivity contribution in [2.45, 2.75) is 29.0 Å². The van der Waals surface area contributed by atoms with Gasteiger partial charge in [0.2, 0.25) is 5.91 Å². The number of hydrogen-bond acceptors (Lipinski definition) is 4. The van der Waals surface area contributed by atoms with Crippen LogP contribution in [0.4, 0.5) is 0 Å². The van der Waals surface area contributed by atoms with Crippen LogP contribution in [0.3, 0.4) is 0 Å². The first-order chi connectivity index (χ1) is 12.0. The number of amides is 1. The fourth-order valence-electron chi connectivity index (χ4n) is 3.15. The number of hydrogen-bond donors (Lipinski definition) is 0. The highest BCUT2D eigenvalue weighted by atomic mass is 35.5. The van der Waals surface area contributed by atoms with Crippen molar-refractivity contribution in [1.82, 2.24) is 5.01 Å². The quantitative estimate of drug-likeness (QED) is 0.721. The molecule has 0 saturated heterocycles. The SMILES string of the molecule is CC(=O)N1N=C2c3cc(C)ccc3SC[C@@H]2[C@@H]1Sc1ccc(Cl)cc1. The van der Waals surface area contributed by atoms with Crippen LogP contribution in [0, 0.1) is 12.8 Å². The van der Waals surface area contributed by atoms with E-state index in [0.29, 0.717) is 5.02 Å². The van der Waals surface area contributed by atoms with E-state index in [9.17, 15) is 4.79 Å². The van der Waals surface area contributed by atoms with Crippen LogP contribution in [0.15, 0.2) is 57.4 Å². The summed E-state index contributed by atoms with van der Waals surface area (Å²) >= 11 is 9.52. The number of nitrogens with zero attached hydrogens (tertiary/aromatic N) is 2. The molecule has 0 fully saturated rings. The highest BCUT2D eigenvalue weighted by Crippen LogP contribution is 2.44. The summed E-state index contributed by atoms with van der Waals surface area (Å²) in [7, 11) is 0. The zero-order valence-electron chi connectivity index (χ0n) is 13.9. The molecule has 0 aliphatic carbocycles. The maximum absolute atomic E-state index is 12.2. The summed E-state index contributed by atoms with van der Waals surface area (Å²) in [5.41, 5.74) is 3.43. The second-order valence-electron chi connectivity index (χ2n) is 6.23. The average molecular weight is 389 g/mol. The summed E-state index contributed by atoms with van der Waals surface area (Å²) in [6.45, 7) is 3.67. The van der Waals surface area contributed by atoms with E-state index in [1.165, 1.54) is 16.0 Å². The van der Waals surface area contributed by atoms with Gasteiger partial charge in [0.15, 0.2) is 0 Å². The molecule has 2 aliphatic rings. The molecule has 2 atom stereocenters. The Morgan fingerprint density at radius 1 is 1.28 bits per heavy atom. The van der Waals surface area contributed by atoms with Crippen molar-refractivity contribution in [3.63, 3.8) is 0 Å². The Morgan fingerprint density at radius 3 is 2.76 bits per heavy atom. The largest absolute Gasteiger partial charge is 0.273 e. The van der Waals surface area contributed by atoms with E-state index in [1.807, 2.05) is 36.0 Å². The Morgan fingerprint density at radius 2 is 2.04 bits per heavy atom. The van der Waals surface area contributed by atoms with E-state index in [1.54, 1.807) is 23.7 Å². The topological polar surface area (TPSA) is 32.7 Å². The van der Waals surface area contributed by atoms with Gasteiger partial charge in [-0.05, 0) is 43.3 Å². The molecule has 0 saturated carbocycles. The third-order valence-electron chi connectivity index (χ3n) is 4.37. The van der Waals surface area contributed by atoms with Gasteiger partial charge in [0, 0.05) is 39.0 Å². The molecule has 0 bridgehead atoms. The number of rotatable bonds is 2. The van der Waals surface area contributed by atoms with Crippen LogP contribution in [0.1, 0.15) is 18.1 Å². The van der Waals surface area contributed by atoms with Crippen LogP contribution < -0.4 is 0 Å². The standard InChI is InChI=1S/C19H17ClN2OS2/c1-11-3-8-17-15(9-11)18-16(10-24-17)19(22(21-18)12(2)23)25-14-6-4-13(20)5-7-14/h3-9,16,19H,10H2,1-2H3/t16-,19-/m0/s1. The number of hydrazone groups is 1. The smallest absolute Gasteiger partial charge is 0.240 e. The Bertz CT molecular complexity index is 866. The zero-order chi connectivity index (χ0) is 17.6. The van der Waals surface area contributed by atoms with Crippen molar-refractivity contribution in [3.8, 4) is 0 Å². The first-order valence-electron chi connectivity index (χ1n) is 8.07. The second-order valence-corrected chi connectivity index (χ2v) is 8.92. The van der Waals surface area contributed by atoms with Gasteiger partial charge in [-0.3, -0.25) is 4.79 Å². The first-order valence-corrected chi connectivity index (χ1v) is 10.3. The number of benzene rings is 2. The summed E-state index contributed by atoms with van der Waals surface area (Å²) in [4.78, 5) is 14.5. The third-order valence-corrected chi connectivity index (χ3v) is 7.13. The van der Waals surface area contributed by atoms with E-state index in [4.69, 9.17) is 16.7 Å². The van der Waals surface area contributed by atoms with Gasteiger partial charge in [0.1, 0.15) is 5.37 Å². The average Bonchev–Trinajstić information content (AvgIpc) is 2.96. The van der Waals surface area contributed by atoms with Gasteiger partial charge in [-0.25, -0.2) is 5.01 Å². The molecule has 0 N–H and O–H groups in total. The zero-order valence-corrected chi connectivity index (χ0v) is 16.3. The van der Waals surface area contributed by atoms with Crippen molar-refractivity contribution in [2.24, 2.45) is 11.0 Å². The highest BCUT2D eigenvalue weighted by molar-refractivity contribution is 8.00. The number of fused-ring (bicyclic) bond motifs is 3. The summed E-state index contributed by atoms with van der Waals surface area (Å²) < 4.78 is 0. The predicted molar refractivity (Wildman–Crippen MR) is 106 cm³/mol. The lowest BCUT2D eigenvalue weighted by Gasteiger charge is -2.28. The van der Waals surface area contributed by atoms with Gasteiger partial charge in [-0.15, -0.1) is 11.8 Å². The molecule has 25 heavy (non-hydrogen) atoms. The molecular formula is C19H17ClN2OS2. The summed E-state index contributed by atoms with van der Waals surface area (Å²) in [6, 6.07) is 14.2. The van der Waals surface area contributed by atoms with Crippen molar-refractivity contribution in [2.75, 3.05) is 5.75 Å². The summed E-state index contributed by atoms with van der Waals surface area (Å²) in [6.07, 6.45) is 0. The molecule has 2 heterocycles. The molecule has 0 aromatic heterocycles. The van der Waals surface area contributed by atoms with Crippen LogP contribution >= 0.6 is 35.1 Å². The summed E-state index contributed by atoms with van der Waals surface area (Å²) in [5.74, 6) is 1.14. The van der Waals surface area contributed by atoms with Crippen LogP contribution in [0.5, 0.6) is 0 Å². The van der Waals surface area contributed by atoms with E-state index < -0.39 is 0 Å². The first kappa shape index (κ1) is 17.0. The molecule has 128 valence electrons.